The molecule has 5 aromatic carbocycles. The first kappa shape index (κ1) is 36.4. The second-order valence-electron chi connectivity index (χ2n) is 14.1. The lowest BCUT2D eigenvalue weighted by Gasteiger charge is -2.37. The van der Waals surface area contributed by atoms with E-state index in [0.717, 1.165) is 29.8 Å². The number of esters is 1. The number of rotatable bonds is 13. The molecule has 6 rings (SSSR count). The van der Waals surface area contributed by atoms with E-state index in [1.165, 1.54) is 35.9 Å². The zero-order chi connectivity index (χ0) is 35.8. The third-order valence-corrected chi connectivity index (χ3v) is 11.0. The van der Waals surface area contributed by atoms with Gasteiger partial charge in [-0.1, -0.05) is 109 Å². The normalized spacial score (nSPS) is 16.6. The zero-order valence-corrected chi connectivity index (χ0v) is 30.7. The topological polar surface area (TPSA) is 50.8 Å². The molecule has 0 amide bonds. The van der Waals surface area contributed by atoms with Gasteiger partial charge in [0, 0.05) is 24.0 Å². The first-order valence-corrected chi connectivity index (χ1v) is 18.5. The smallest absolute Gasteiger partial charge is 0.338 e. The van der Waals surface area contributed by atoms with Crippen LogP contribution in [0.3, 0.4) is 0 Å². The Labute approximate surface area is 306 Å². The van der Waals surface area contributed by atoms with Gasteiger partial charge in [-0.15, -0.1) is 11.8 Å². The fourth-order valence-electron chi connectivity index (χ4n) is 6.92. The van der Waals surface area contributed by atoms with Crippen LogP contribution < -0.4 is 5.32 Å². The van der Waals surface area contributed by atoms with E-state index in [9.17, 15) is 9.18 Å². The Balaban J connectivity index is 1.25. The molecular formula is C44H47FN2O3S. The maximum atomic E-state index is 13.4. The summed E-state index contributed by atoms with van der Waals surface area (Å²) < 4.78 is 18.2. The Morgan fingerprint density at radius 1 is 0.804 bits per heavy atom. The molecule has 264 valence electrons. The average Bonchev–Trinajstić information content (AvgIpc) is 3.52. The van der Waals surface area contributed by atoms with E-state index < -0.39 is 4.75 Å². The number of aryl methyl sites for hydroxylation is 2. The average molecular weight is 703 g/mol. The fourth-order valence-corrected chi connectivity index (χ4v) is 8.78. The number of nitrogens with one attached hydrogen (secondary N) is 1. The van der Waals surface area contributed by atoms with E-state index in [1.54, 1.807) is 12.1 Å². The summed E-state index contributed by atoms with van der Waals surface area (Å²) in [5.41, 5.74) is 6.65. The number of hydrogen-bond donors (Lipinski definition) is 1. The minimum absolute atomic E-state index is 0.0847. The first-order valence-electron chi connectivity index (χ1n) is 17.6. The number of anilines is 1. The Morgan fingerprint density at radius 2 is 1.37 bits per heavy atom. The van der Waals surface area contributed by atoms with Crippen molar-refractivity contribution in [3.8, 4) is 0 Å². The quantitative estimate of drug-likeness (QED) is 0.0975. The highest BCUT2D eigenvalue weighted by atomic mass is 32.2. The van der Waals surface area contributed by atoms with Crippen LogP contribution in [0, 0.1) is 5.82 Å². The number of hydrogen-bond acceptors (Lipinski definition) is 6. The van der Waals surface area contributed by atoms with Crippen molar-refractivity contribution in [2.75, 3.05) is 25.5 Å². The summed E-state index contributed by atoms with van der Waals surface area (Å²) in [6.07, 6.45) is 2.23. The predicted molar refractivity (Wildman–Crippen MR) is 207 cm³/mol. The lowest BCUT2D eigenvalue weighted by Crippen LogP contribution is -2.40. The van der Waals surface area contributed by atoms with Crippen LogP contribution in [-0.4, -0.2) is 48.1 Å². The van der Waals surface area contributed by atoms with Crippen LogP contribution in [0.2, 0.25) is 0 Å². The summed E-state index contributed by atoms with van der Waals surface area (Å²) in [6.45, 7) is 7.67. The molecule has 7 heteroatoms. The van der Waals surface area contributed by atoms with Gasteiger partial charge in [0.2, 0.25) is 0 Å². The molecule has 0 spiro atoms. The van der Waals surface area contributed by atoms with Gasteiger partial charge >= 0.3 is 5.97 Å². The van der Waals surface area contributed by atoms with E-state index >= 15 is 0 Å². The highest BCUT2D eigenvalue weighted by Gasteiger charge is 2.44. The van der Waals surface area contributed by atoms with Gasteiger partial charge in [-0.3, -0.25) is 4.84 Å². The molecule has 1 aliphatic rings. The summed E-state index contributed by atoms with van der Waals surface area (Å²) in [6, 6.07) is 44.9. The number of ether oxygens (including phenoxy) is 1. The molecule has 2 atom stereocenters. The molecule has 0 bridgehead atoms. The van der Waals surface area contributed by atoms with Crippen molar-refractivity contribution in [3.05, 3.63) is 173 Å². The lowest BCUT2D eigenvalue weighted by atomic mass is 9.84. The van der Waals surface area contributed by atoms with Crippen molar-refractivity contribution in [2.24, 2.45) is 0 Å². The minimum Gasteiger partial charge on any atom is -0.465 e. The molecule has 5 nitrogen and oxygen atoms in total. The van der Waals surface area contributed by atoms with E-state index in [4.69, 9.17) is 9.57 Å². The van der Waals surface area contributed by atoms with Crippen molar-refractivity contribution in [3.63, 3.8) is 0 Å². The summed E-state index contributed by atoms with van der Waals surface area (Å²) in [5.74, 6) is -0.632. The summed E-state index contributed by atoms with van der Waals surface area (Å²) in [4.78, 5) is 19.5. The standard InChI is InChI=1S/C44H47FN2O3S/c1-43(2,3)50-47-31-40(51-44(34-14-8-5-9-15-34,35-16-10-6-11-17-35)36-18-12-7-13-19-36)29-39(47)30-46-38-27-24-33(41(28-38)42(48)49-4)23-20-32-21-25-37(45)26-22-32/h5-19,21-22,24-28,39-40,46H,20,23,29-31H2,1-4H3. The Bertz CT molecular complexity index is 1770. The SMILES string of the molecule is COC(=O)c1cc(NCC2CC(SC(c3ccccc3)(c3ccccc3)c3ccccc3)CN2OC(C)(C)C)ccc1CCc1ccc(F)cc1. The summed E-state index contributed by atoms with van der Waals surface area (Å²) in [5, 5.41) is 6.04. The van der Waals surface area contributed by atoms with Crippen LogP contribution in [0.15, 0.2) is 133 Å². The third kappa shape index (κ3) is 8.90. The molecule has 1 heterocycles. The maximum Gasteiger partial charge on any atom is 0.338 e. The van der Waals surface area contributed by atoms with Gasteiger partial charge in [0.25, 0.3) is 0 Å². The van der Waals surface area contributed by atoms with E-state index in [2.05, 4.69) is 122 Å². The highest BCUT2D eigenvalue weighted by Crippen LogP contribution is 2.52. The van der Waals surface area contributed by atoms with Gasteiger partial charge in [0.1, 0.15) is 5.82 Å². The third-order valence-electron chi connectivity index (χ3n) is 9.25. The monoisotopic (exact) mass is 702 g/mol. The molecule has 0 aliphatic carbocycles. The lowest BCUT2D eigenvalue weighted by molar-refractivity contribution is -0.233. The fraction of sp³-hybridized carbons (Fsp3) is 0.295. The van der Waals surface area contributed by atoms with Gasteiger partial charge in [0.15, 0.2) is 0 Å². The summed E-state index contributed by atoms with van der Waals surface area (Å²) in [7, 11) is 1.41. The van der Waals surface area contributed by atoms with Crippen LogP contribution in [0.25, 0.3) is 0 Å². The van der Waals surface area contributed by atoms with Gasteiger partial charge in [0.05, 0.1) is 29.1 Å². The number of benzene rings is 5. The number of halogens is 1. The molecule has 1 N–H and O–H groups in total. The van der Waals surface area contributed by atoms with Crippen molar-refractivity contribution >= 4 is 23.4 Å². The number of methoxy groups -OCH3 is 1. The molecule has 1 aliphatic heterocycles. The van der Waals surface area contributed by atoms with E-state index in [0.29, 0.717) is 24.9 Å². The van der Waals surface area contributed by atoms with Gasteiger partial charge in [-0.05, 0) is 92.1 Å². The molecule has 1 saturated heterocycles. The van der Waals surface area contributed by atoms with Crippen LogP contribution in [0.1, 0.15) is 65.4 Å². The highest BCUT2D eigenvalue weighted by molar-refractivity contribution is 8.01. The molecule has 1 fully saturated rings. The molecule has 0 saturated carbocycles. The van der Waals surface area contributed by atoms with Crippen LogP contribution >= 0.6 is 11.8 Å². The number of hydroxylamine groups is 2. The van der Waals surface area contributed by atoms with E-state index in [-0.39, 0.29) is 28.7 Å². The Kier molecular flexibility index (Phi) is 11.6. The van der Waals surface area contributed by atoms with Crippen molar-refractivity contribution in [2.45, 2.75) is 61.7 Å². The molecule has 2 unspecified atom stereocenters. The first-order chi connectivity index (χ1) is 24.6. The number of thioether (sulfide) groups is 1. The van der Waals surface area contributed by atoms with Crippen LogP contribution in [0.5, 0.6) is 0 Å². The summed E-state index contributed by atoms with van der Waals surface area (Å²) >= 11 is 2.00. The van der Waals surface area contributed by atoms with Gasteiger partial charge < -0.3 is 10.1 Å². The van der Waals surface area contributed by atoms with Crippen LogP contribution in [0.4, 0.5) is 10.1 Å². The Morgan fingerprint density at radius 3 is 1.90 bits per heavy atom. The molecular weight excluding hydrogens is 656 g/mol. The van der Waals surface area contributed by atoms with Crippen molar-refractivity contribution in [1.29, 1.82) is 0 Å². The van der Waals surface area contributed by atoms with Gasteiger partial charge in [-0.2, -0.15) is 5.06 Å². The van der Waals surface area contributed by atoms with Crippen molar-refractivity contribution in [1.82, 2.24) is 5.06 Å². The van der Waals surface area contributed by atoms with Crippen molar-refractivity contribution < 1.29 is 18.8 Å². The largest absolute Gasteiger partial charge is 0.465 e. The number of carbonyl (C=O) groups is 1. The minimum atomic E-state index is -0.427. The molecule has 51 heavy (non-hydrogen) atoms. The number of nitrogens with zero attached hydrogens (tertiary/aromatic N) is 1. The molecule has 0 aromatic heterocycles. The molecule has 5 aromatic rings. The molecule has 0 radical (unpaired) electrons. The zero-order valence-electron chi connectivity index (χ0n) is 29.9. The van der Waals surface area contributed by atoms with Crippen LogP contribution in [-0.2, 0) is 27.2 Å². The van der Waals surface area contributed by atoms with Gasteiger partial charge in [-0.25, -0.2) is 9.18 Å². The Hall–Kier alpha value is -4.43. The number of carbonyl (C=O) groups excluding carboxylic acids is 1. The predicted octanol–water partition coefficient (Wildman–Crippen LogP) is 9.71. The second-order valence-corrected chi connectivity index (χ2v) is 15.6. The second kappa shape index (κ2) is 16.3. The van der Waals surface area contributed by atoms with E-state index in [1.807, 2.05) is 30.0 Å². The maximum absolute atomic E-state index is 13.4.